The fourth-order valence-corrected chi connectivity index (χ4v) is 1.47. The Balaban J connectivity index is 2.90. The van der Waals surface area contributed by atoms with E-state index >= 15 is 0 Å². The average Bonchev–Trinajstić information content (AvgIpc) is 2.17. The summed E-state index contributed by atoms with van der Waals surface area (Å²) in [4.78, 5) is 4.15. The molecule has 1 aromatic carbocycles. The van der Waals surface area contributed by atoms with Gasteiger partial charge in [0.25, 0.3) is 0 Å². The molecular weight excluding hydrogens is 186 g/mol. The lowest BCUT2D eigenvalue weighted by molar-refractivity contribution is 0.308. The third kappa shape index (κ3) is 4.26. The van der Waals surface area contributed by atoms with Crippen molar-refractivity contribution in [1.29, 1.82) is 0 Å². The molecule has 0 unspecified atom stereocenters. The Morgan fingerprint density at radius 2 is 1.80 bits per heavy atom. The molecule has 0 aliphatic heterocycles. The van der Waals surface area contributed by atoms with Gasteiger partial charge in [0.1, 0.15) is 6.73 Å². The van der Waals surface area contributed by atoms with Gasteiger partial charge in [0.2, 0.25) is 0 Å². The van der Waals surface area contributed by atoms with E-state index in [-0.39, 0.29) is 12.1 Å². The fraction of sp³-hybridized carbons (Fsp3) is 0.462. The highest BCUT2D eigenvalue weighted by atomic mass is 16.3. The van der Waals surface area contributed by atoms with E-state index in [1.54, 1.807) is 0 Å². The lowest BCUT2D eigenvalue weighted by atomic mass is 9.87. The van der Waals surface area contributed by atoms with Crippen LogP contribution < -0.4 is 0 Å². The Bertz CT molecular complexity index is 322. The highest BCUT2D eigenvalue weighted by Gasteiger charge is 2.15. The second kappa shape index (κ2) is 5.08. The van der Waals surface area contributed by atoms with Crippen LogP contribution in [0.2, 0.25) is 0 Å². The van der Waals surface area contributed by atoms with E-state index in [0.29, 0.717) is 0 Å². The molecule has 0 saturated heterocycles. The molecule has 2 heteroatoms. The molecule has 0 saturated carbocycles. The van der Waals surface area contributed by atoms with Crippen molar-refractivity contribution < 1.29 is 5.11 Å². The number of aliphatic hydroxyl groups is 1. The van der Waals surface area contributed by atoms with Gasteiger partial charge in [-0.05, 0) is 17.4 Å². The Labute approximate surface area is 91.7 Å². The molecule has 15 heavy (non-hydrogen) atoms. The lowest BCUT2D eigenvalue weighted by Crippen LogP contribution is -2.14. The predicted molar refractivity (Wildman–Crippen MR) is 64.1 cm³/mol. The molecule has 0 amide bonds. The smallest absolute Gasteiger partial charge is 0.134 e. The molecule has 0 aliphatic carbocycles. The third-order valence-electron chi connectivity index (χ3n) is 2.07. The zero-order valence-electron chi connectivity index (χ0n) is 9.70. The van der Waals surface area contributed by atoms with Gasteiger partial charge >= 0.3 is 0 Å². The fourth-order valence-electron chi connectivity index (χ4n) is 1.47. The van der Waals surface area contributed by atoms with Crippen LogP contribution in [0.15, 0.2) is 35.3 Å². The summed E-state index contributed by atoms with van der Waals surface area (Å²) in [7, 11) is 0. The van der Waals surface area contributed by atoms with E-state index < -0.39 is 0 Å². The van der Waals surface area contributed by atoms with Gasteiger partial charge in [-0.3, -0.25) is 4.99 Å². The van der Waals surface area contributed by atoms with E-state index in [9.17, 15) is 0 Å². The minimum Gasteiger partial charge on any atom is -0.375 e. The Kier molecular flexibility index (Phi) is 4.04. The number of nitrogens with zero attached hydrogens (tertiary/aromatic N) is 1. The summed E-state index contributed by atoms with van der Waals surface area (Å²) >= 11 is 0. The monoisotopic (exact) mass is 205 g/mol. The van der Waals surface area contributed by atoms with Gasteiger partial charge in [-0.1, -0.05) is 51.1 Å². The third-order valence-corrected chi connectivity index (χ3v) is 2.07. The van der Waals surface area contributed by atoms with Crippen molar-refractivity contribution in [3.05, 3.63) is 35.9 Å². The van der Waals surface area contributed by atoms with Crippen LogP contribution in [0, 0.1) is 5.41 Å². The van der Waals surface area contributed by atoms with Gasteiger partial charge in [-0.2, -0.15) is 0 Å². The summed E-state index contributed by atoms with van der Waals surface area (Å²) in [6, 6.07) is 10.0. The average molecular weight is 205 g/mol. The standard InChI is InChI=1S/C13H19NO/c1-13(2,3)9-12(14-10-15)11-7-5-4-6-8-11/h4-8,15H,9-10H2,1-3H3. The Morgan fingerprint density at radius 3 is 2.27 bits per heavy atom. The maximum atomic E-state index is 8.91. The quantitative estimate of drug-likeness (QED) is 0.756. The van der Waals surface area contributed by atoms with Crippen molar-refractivity contribution in [3.8, 4) is 0 Å². The molecule has 0 bridgehead atoms. The summed E-state index contributed by atoms with van der Waals surface area (Å²) in [6.45, 7) is 6.37. The van der Waals surface area contributed by atoms with Crippen LogP contribution in [-0.4, -0.2) is 17.5 Å². The SMILES string of the molecule is CC(C)(C)CC(=NCO)c1ccccc1. The topological polar surface area (TPSA) is 32.6 Å². The summed E-state index contributed by atoms with van der Waals surface area (Å²) in [5, 5.41) is 8.91. The summed E-state index contributed by atoms with van der Waals surface area (Å²) < 4.78 is 0. The molecule has 0 fully saturated rings. The van der Waals surface area contributed by atoms with Crippen LogP contribution in [0.1, 0.15) is 32.8 Å². The van der Waals surface area contributed by atoms with E-state index in [0.717, 1.165) is 17.7 Å². The first-order chi connectivity index (χ1) is 7.03. The number of aliphatic imine (C=N–C) groups is 1. The molecule has 1 rings (SSSR count). The normalized spacial score (nSPS) is 12.9. The van der Waals surface area contributed by atoms with Crippen LogP contribution in [-0.2, 0) is 0 Å². The van der Waals surface area contributed by atoms with Crippen LogP contribution >= 0.6 is 0 Å². The number of hydrogen-bond acceptors (Lipinski definition) is 2. The van der Waals surface area contributed by atoms with Gasteiger partial charge in [-0.15, -0.1) is 0 Å². The first kappa shape index (κ1) is 11.9. The van der Waals surface area contributed by atoms with Crippen molar-refractivity contribution >= 4 is 5.71 Å². The Morgan fingerprint density at radius 1 is 1.20 bits per heavy atom. The highest BCUT2D eigenvalue weighted by molar-refractivity contribution is 6.00. The first-order valence-corrected chi connectivity index (χ1v) is 5.22. The Hall–Kier alpha value is -1.15. The molecule has 0 radical (unpaired) electrons. The zero-order chi connectivity index (χ0) is 11.3. The number of benzene rings is 1. The van der Waals surface area contributed by atoms with Crippen molar-refractivity contribution in [2.24, 2.45) is 10.4 Å². The molecule has 2 nitrogen and oxygen atoms in total. The molecular formula is C13H19NO. The lowest BCUT2D eigenvalue weighted by Gasteiger charge is -2.19. The maximum absolute atomic E-state index is 8.91. The van der Waals surface area contributed by atoms with Crippen molar-refractivity contribution in [2.45, 2.75) is 27.2 Å². The molecule has 0 aromatic heterocycles. The van der Waals surface area contributed by atoms with Crippen LogP contribution in [0.3, 0.4) is 0 Å². The van der Waals surface area contributed by atoms with Crippen molar-refractivity contribution in [2.75, 3.05) is 6.73 Å². The van der Waals surface area contributed by atoms with E-state index in [4.69, 9.17) is 5.11 Å². The van der Waals surface area contributed by atoms with Crippen LogP contribution in [0.25, 0.3) is 0 Å². The van der Waals surface area contributed by atoms with Crippen LogP contribution in [0.4, 0.5) is 0 Å². The molecule has 0 heterocycles. The minimum absolute atomic E-state index is 0.139. The number of aliphatic hydroxyl groups excluding tert-OH is 1. The molecule has 82 valence electrons. The zero-order valence-corrected chi connectivity index (χ0v) is 9.70. The maximum Gasteiger partial charge on any atom is 0.134 e. The first-order valence-electron chi connectivity index (χ1n) is 5.22. The highest BCUT2D eigenvalue weighted by Crippen LogP contribution is 2.22. The van der Waals surface area contributed by atoms with Gasteiger partial charge in [0.05, 0.1) is 0 Å². The molecule has 1 aromatic rings. The van der Waals surface area contributed by atoms with Crippen molar-refractivity contribution in [1.82, 2.24) is 0 Å². The predicted octanol–water partition coefficient (Wildman–Crippen LogP) is 2.86. The molecule has 0 spiro atoms. The second-order valence-corrected chi connectivity index (χ2v) is 4.85. The summed E-state index contributed by atoms with van der Waals surface area (Å²) in [5.74, 6) is 0. The summed E-state index contributed by atoms with van der Waals surface area (Å²) in [5.41, 5.74) is 2.26. The molecule has 0 atom stereocenters. The van der Waals surface area contributed by atoms with E-state index in [1.165, 1.54) is 0 Å². The van der Waals surface area contributed by atoms with Crippen LogP contribution in [0.5, 0.6) is 0 Å². The molecule has 0 aliphatic rings. The minimum atomic E-state index is -0.139. The second-order valence-electron chi connectivity index (χ2n) is 4.85. The van der Waals surface area contributed by atoms with Gasteiger partial charge in [0.15, 0.2) is 0 Å². The molecule has 1 N–H and O–H groups in total. The largest absolute Gasteiger partial charge is 0.375 e. The van der Waals surface area contributed by atoms with Gasteiger partial charge in [0, 0.05) is 5.71 Å². The van der Waals surface area contributed by atoms with Crippen molar-refractivity contribution in [3.63, 3.8) is 0 Å². The van der Waals surface area contributed by atoms with Gasteiger partial charge < -0.3 is 5.11 Å². The number of rotatable bonds is 3. The number of hydrogen-bond donors (Lipinski definition) is 1. The van der Waals surface area contributed by atoms with Gasteiger partial charge in [-0.25, -0.2) is 0 Å². The van der Waals surface area contributed by atoms with E-state index in [1.807, 2.05) is 30.3 Å². The summed E-state index contributed by atoms with van der Waals surface area (Å²) in [6.07, 6.45) is 0.873. The van der Waals surface area contributed by atoms with E-state index in [2.05, 4.69) is 25.8 Å².